The molecule has 0 aromatic heterocycles. The summed E-state index contributed by atoms with van der Waals surface area (Å²) in [6.07, 6.45) is 0.950. The van der Waals surface area contributed by atoms with E-state index in [0.717, 1.165) is 22.2 Å². The number of halogens is 2. The van der Waals surface area contributed by atoms with Gasteiger partial charge in [0.15, 0.2) is 0 Å². The van der Waals surface area contributed by atoms with Crippen LogP contribution in [-0.2, 0) is 6.42 Å². The van der Waals surface area contributed by atoms with E-state index >= 15 is 0 Å². The Balaban J connectivity index is 0.00000162. The maximum Gasteiger partial charge on any atom is 0.128 e. The van der Waals surface area contributed by atoms with Crippen molar-refractivity contribution in [1.82, 2.24) is 0 Å². The van der Waals surface area contributed by atoms with Gasteiger partial charge in [-0.15, -0.1) is 12.4 Å². The lowest BCUT2D eigenvalue weighted by molar-refractivity contribution is 0.471. The van der Waals surface area contributed by atoms with Crippen molar-refractivity contribution in [2.45, 2.75) is 6.42 Å². The van der Waals surface area contributed by atoms with Crippen molar-refractivity contribution in [3.8, 4) is 5.75 Å². The van der Waals surface area contributed by atoms with E-state index in [2.05, 4.69) is 40.0 Å². The molecule has 0 unspecified atom stereocenters. The van der Waals surface area contributed by atoms with Crippen LogP contribution in [0.15, 0.2) is 48.5 Å². The third kappa shape index (κ3) is 4.38. The molecule has 2 aromatic rings. The predicted molar refractivity (Wildman–Crippen MR) is 86.7 cm³/mol. The Morgan fingerprint density at radius 2 is 1.78 bits per heavy atom. The molecule has 2 aromatic carbocycles. The minimum Gasteiger partial charge on any atom is -0.507 e. The fourth-order valence-corrected chi connectivity index (χ4v) is 2.19. The largest absolute Gasteiger partial charge is 0.507 e. The van der Waals surface area contributed by atoms with Gasteiger partial charge in [-0.3, -0.25) is 0 Å². The summed E-state index contributed by atoms with van der Waals surface area (Å²) in [5.41, 5.74) is 2.37. The minimum absolute atomic E-state index is 0. The van der Waals surface area contributed by atoms with Crippen molar-refractivity contribution in [2.75, 3.05) is 11.9 Å². The monoisotopic (exact) mass is 375 g/mol. The Morgan fingerprint density at radius 1 is 1.06 bits per heavy atom. The van der Waals surface area contributed by atoms with Gasteiger partial charge in [-0.2, -0.15) is 0 Å². The number of anilines is 1. The molecule has 0 amide bonds. The number of rotatable bonds is 4. The molecule has 0 radical (unpaired) electrons. The van der Waals surface area contributed by atoms with Crippen molar-refractivity contribution in [1.29, 1.82) is 0 Å². The first-order valence-electron chi connectivity index (χ1n) is 5.52. The summed E-state index contributed by atoms with van der Waals surface area (Å²) in [5.74, 6) is 0.352. The molecule has 18 heavy (non-hydrogen) atoms. The third-order valence-electron chi connectivity index (χ3n) is 2.53. The highest BCUT2D eigenvalue weighted by Crippen LogP contribution is 2.20. The molecule has 2 nitrogen and oxygen atoms in total. The number of aromatic hydroxyl groups is 1. The van der Waals surface area contributed by atoms with Crippen molar-refractivity contribution in [2.24, 2.45) is 0 Å². The summed E-state index contributed by atoms with van der Waals surface area (Å²) in [5, 5.41) is 12.8. The van der Waals surface area contributed by atoms with Gasteiger partial charge in [0.05, 0.1) is 3.57 Å². The molecule has 96 valence electrons. The van der Waals surface area contributed by atoms with E-state index in [9.17, 15) is 5.11 Å². The molecular weight excluding hydrogens is 361 g/mol. The van der Waals surface area contributed by atoms with Crippen LogP contribution in [0.1, 0.15) is 5.56 Å². The number of benzene rings is 2. The Bertz CT molecular complexity index is 490. The van der Waals surface area contributed by atoms with E-state index in [4.69, 9.17) is 0 Å². The molecule has 4 heteroatoms. The molecule has 0 aliphatic heterocycles. The lowest BCUT2D eigenvalue weighted by Crippen LogP contribution is -2.04. The molecule has 0 bridgehead atoms. The van der Waals surface area contributed by atoms with E-state index in [0.29, 0.717) is 5.75 Å². The van der Waals surface area contributed by atoms with Crippen LogP contribution in [0.3, 0.4) is 0 Å². The van der Waals surface area contributed by atoms with Gasteiger partial charge in [0.25, 0.3) is 0 Å². The second-order valence-corrected chi connectivity index (χ2v) is 4.99. The molecule has 0 spiro atoms. The van der Waals surface area contributed by atoms with Gasteiger partial charge >= 0.3 is 0 Å². The van der Waals surface area contributed by atoms with Crippen molar-refractivity contribution in [3.05, 3.63) is 57.7 Å². The highest BCUT2D eigenvalue weighted by Gasteiger charge is 1.99. The summed E-state index contributed by atoms with van der Waals surface area (Å²) < 4.78 is 0.903. The zero-order valence-corrected chi connectivity index (χ0v) is 12.7. The lowest BCUT2D eigenvalue weighted by Gasteiger charge is -2.07. The number of nitrogens with one attached hydrogen (secondary N) is 1. The summed E-state index contributed by atoms with van der Waals surface area (Å²) in [6, 6.07) is 15.9. The maximum atomic E-state index is 9.42. The molecule has 2 N–H and O–H groups in total. The SMILES string of the molecule is Cl.Oc1ccc(CCNc2ccccc2)cc1I. The Hall–Kier alpha value is -0.940. The summed E-state index contributed by atoms with van der Waals surface area (Å²) in [6.45, 7) is 0.894. The van der Waals surface area contributed by atoms with Crippen LogP contribution >= 0.6 is 35.0 Å². The van der Waals surface area contributed by atoms with Gasteiger partial charge in [-0.05, 0) is 58.8 Å². The van der Waals surface area contributed by atoms with Crippen molar-refractivity contribution in [3.63, 3.8) is 0 Å². The molecule has 0 atom stereocenters. The van der Waals surface area contributed by atoms with Gasteiger partial charge in [-0.1, -0.05) is 24.3 Å². The van der Waals surface area contributed by atoms with E-state index < -0.39 is 0 Å². The van der Waals surface area contributed by atoms with Crippen LogP contribution in [0, 0.1) is 3.57 Å². The van der Waals surface area contributed by atoms with Crippen LogP contribution in [0.25, 0.3) is 0 Å². The van der Waals surface area contributed by atoms with Crippen LogP contribution in [0.4, 0.5) is 5.69 Å². The Kier molecular flexibility index (Phi) is 6.29. The van der Waals surface area contributed by atoms with Gasteiger partial charge in [0.2, 0.25) is 0 Å². The third-order valence-corrected chi connectivity index (χ3v) is 3.39. The maximum absolute atomic E-state index is 9.42. The van der Waals surface area contributed by atoms with Gasteiger partial charge in [0, 0.05) is 12.2 Å². The minimum atomic E-state index is 0. The van der Waals surface area contributed by atoms with Crippen LogP contribution < -0.4 is 5.32 Å². The molecule has 0 fully saturated rings. The topological polar surface area (TPSA) is 32.3 Å². The first-order valence-corrected chi connectivity index (χ1v) is 6.60. The standard InChI is InChI=1S/C14H14INO.ClH/c15-13-10-11(6-7-14(13)17)8-9-16-12-4-2-1-3-5-12;/h1-7,10,16-17H,8-9H2;1H. The number of hydrogen-bond donors (Lipinski definition) is 2. The van der Waals surface area contributed by atoms with Gasteiger partial charge in [-0.25, -0.2) is 0 Å². The number of phenolic OH excluding ortho intramolecular Hbond substituents is 1. The summed E-state index contributed by atoms with van der Waals surface area (Å²) in [7, 11) is 0. The fraction of sp³-hybridized carbons (Fsp3) is 0.143. The first-order chi connectivity index (χ1) is 8.25. The quantitative estimate of drug-likeness (QED) is 0.790. The summed E-state index contributed by atoms with van der Waals surface area (Å²) in [4.78, 5) is 0. The van der Waals surface area contributed by atoms with E-state index in [-0.39, 0.29) is 12.4 Å². The van der Waals surface area contributed by atoms with Gasteiger partial charge in [0.1, 0.15) is 5.75 Å². The molecule has 0 saturated carbocycles. The average Bonchev–Trinajstić information content (AvgIpc) is 2.35. The molecule has 0 aliphatic carbocycles. The zero-order valence-electron chi connectivity index (χ0n) is 9.77. The normalized spacial score (nSPS) is 9.61. The predicted octanol–water partition coefficient (Wildman–Crippen LogP) is 4.07. The van der Waals surface area contributed by atoms with Crippen LogP contribution in [-0.4, -0.2) is 11.7 Å². The number of para-hydroxylation sites is 1. The highest BCUT2D eigenvalue weighted by molar-refractivity contribution is 14.1. The lowest BCUT2D eigenvalue weighted by atomic mass is 10.1. The average molecular weight is 376 g/mol. The first kappa shape index (κ1) is 15.1. The van der Waals surface area contributed by atoms with Crippen molar-refractivity contribution >= 4 is 40.7 Å². The summed E-state index contributed by atoms with van der Waals surface area (Å²) >= 11 is 2.14. The second kappa shape index (κ2) is 7.48. The van der Waals surface area contributed by atoms with Gasteiger partial charge < -0.3 is 10.4 Å². The molecule has 0 aliphatic rings. The smallest absolute Gasteiger partial charge is 0.128 e. The molecule has 2 rings (SSSR count). The van der Waals surface area contributed by atoms with E-state index in [1.54, 1.807) is 6.07 Å². The molecule has 0 heterocycles. The van der Waals surface area contributed by atoms with E-state index in [1.807, 2.05) is 30.3 Å². The second-order valence-electron chi connectivity index (χ2n) is 3.83. The van der Waals surface area contributed by atoms with Crippen LogP contribution in [0.5, 0.6) is 5.75 Å². The van der Waals surface area contributed by atoms with E-state index in [1.165, 1.54) is 5.56 Å². The van der Waals surface area contributed by atoms with Crippen molar-refractivity contribution < 1.29 is 5.11 Å². The molecular formula is C14H15ClINO. The fourth-order valence-electron chi connectivity index (χ4n) is 1.61. The highest BCUT2D eigenvalue weighted by atomic mass is 127. The zero-order chi connectivity index (χ0) is 12.1. The Morgan fingerprint density at radius 3 is 2.44 bits per heavy atom. The number of hydrogen-bond acceptors (Lipinski definition) is 2. The Labute approximate surface area is 127 Å². The number of phenols is 1. The molecule has 0 saturated heterocycles. The van der Waals surface area contributed by atoms with Crippen LogP contribution in [0.2, 0.25) is 0 Å².